The molecular formula is C28H40FN3O6. The van der Waals surface area contributed by atoms with E-state index in [1.807, 2.05) is 20.8 Å². The molecule has 0 aliphatic carbocycles. The lowest BCUT2D eigenvalue weighted by Gasteiger charge is -2.30. The summed E-state index contributed by atoms with van der Waals surface area (Å²) >= 11 is 0. The third kappa shape index (κ3) is 8.24. The quantitative estimate of drug-likeness (QED) is 0.530. The summed E-state index contributed by atoms with van der Waals surface area (Å²) in [7, 11) is 0. The van der Waals surface area contributed by atoms with E-state index in [0.29, 0.717) is 32.4 Å². The van der Waals surface area contributed by atoms with Crippen LogP contribution in [0, 0.1) is 11.8 Å². The van der Waals surface area contributed by atoms with E-state index in [1.165, 1.54) is 11.2 Å². The first kappa shape index (κ1) is 29.5. The fraction of sp³-hybridized carbons (Fsp3) is 0.643. The highest BCUT2D eigenvalue weighted by atomic mass is 19.1. The topological polar surface area (TPSA) is 122 Å². The molecule has 0 saturated carbocycles. The van der Waals surface area contributed by atoms with Crippen LogP contribution in [0.25, 0.3) is 0 Å². The molecule has 0 radical (unpaired) electrons. The van der Waals surface area contributed by atoms with E-state index in [2.05, 4.69) is 10.3 Å². The molecule has 1 aromatic rings. The predicted molar refractivity (Wildman–Crippen MR) is 139 cm³/mol. The number of amides is 2. The van der Waals surface area contributed by atoms with Gasteiger partial charge in [-0.3, -0.25) is 9.59 Å². The lowest BCUT2D eigenvalue weighted by atomic mass is 9.90. The number of esters is 1. The molecule has 2 aliphatic rings. The van der Waals surface area contributed by atoms with Crippen LogP contribution in [0.4, 0.5) is 4.39 Å². The van der Waals surface area contributed by atoms with E-state index >= 15 is 0 Å². The monoisotopic (exact) mass is 533 g/mol. The van der Waals surface area contributed by atoms with Gasteiger partial charge in [-0.15, -0.1) is 0 Å². The van der Waals surface area contributed by atoms with E-state index in [-0.39, 0.29) is 48.6 Å². The van der Waals surface area contributed by atoms with Gasteiger partial charge < -0.3 is 24.5 Å². The van der Waals surface area contributed by atoms with Crippen molar-refractivity contribution >= 4 is 17.8 Å². The van der Waals surface area contributed by atoms with E-state index < -0.39 is 36.3 Å². The van der Waals surface area contributed by atoms with Crippen molar-refractivity contribution in [3.8, 4) is 0 Å². The SMILES string of the molecule is CC1=C\[C@@H](O)C[C@@H](F)Cc2nc(co2)C(=O)N2CCC[C@@H]2C(=O)O[C@H](C(C)C)[C@H](C)CCC(=O)NC\C=C\1. The summed E-state index contributed by atoms with van der Waals surface area (Å²) in [6.45, 7) is 8.36. The second kappa shape index (κ2) is 13.7. The highest BCUT2D eigenvalue weighted by molar-refractivity contribution is 5.95. The first-order valence-electron chi connectivity index (χ1n) is 13.4. The number of cyclic esters (lactones) is 1. The van der Waals surface area contributed by atoms with Gasteiger partial charge in [0.1, 0.15) is 24.6 Å². The lowest BCUT2D eigenvalue weighted by molar-refractivity contribution is -0.159. The summed E-state index contributed by atoms with van der Waals surface area (Å²) in [4.78, 5) is 44.3. The average Bonchev–Trinajstić information content (AvgIpc) is 3.52. The van der Waals surface area contributed by atoms with Crippen molar-refractivity contribution in [1.82, 2.24) is 15.2 Å². The number of carbonyl (C=O) groups excluding carboxylic acids is 3. The molecule has 2 N–H and O–H groups in total. The number of aromatic nitrogens is 1. The second-order valence-corrected chi connectivity index (χ2v) is 10.7. The number of hydrogen-bond donors (Lipinski definition) is 2. The van der Waals surface area contributed by atoms with Gasteiger partial charge in [0, 0.05) is 25.9 Å². The largest absolute Gasteiger partial charge is 0.460 e. The van der Waals surface area contributed by atoms with Gasteiger partial charge in [0.25, 0.3) is 5.91 Å². The normalized spacial score (nSPS) is 31.2. The summed E-state index contributed by atoms with van der Waals surface area (Å²) in [6, 6.07) is -0.744. The Labute approximate surface area is 223 Å². The fourth-order valence-electron chi connectivity index (χ4n) is 5.02. The molecular weight excluding hydrogens is 493 g/mol. The molecule has 9 nitrogen and oxygen atoms in total. The molecule has 38 heavy (non-hydrogen) atoms. The molecule has 2 amide bonds. The van der Waals surface area contributed by atoms with Gasteiger partial charge in [-0.2, -0.15) is 0 Å². The summed E-state index contributed by atoms with van der Waals surface area (Å²) in [5.74, 6) is -1.05. The van der Waals surface area contributed by atoms with Crippen LogP contribution in [0.3, 0.4) is 0 Å². The summed E-state index contributed by atoms with van der Waals surface area (Å²) < 4.78 is 25.9. The molecule has 5 atom stereocenters. The number of aliphatic hydroxyl groups is 1. The van der Waals surface area contributed by atoms with Crippen LogP contribution in [0.15, 0.2) is 34.5 Å². The Kier molecular flexibility index (Phi) is 10.6. The number of carbonyl (C=O) groups is 3. The van der Waals surface area contributed by atoms with Crippen LogP contribution in [-0.4, -0.2) is 70.3 Å². The molecule has 1 saturated heterocycles. The summed E-state index contributed by atoms with van der Waals surface area (Å²) in [5.41, 5.74) is 0.739. The van der Waals surface area contributed by atoms with E-state index in [0.717, 1.165) is 5.57 Å². The number of ether oxygens (including phenoxy) is 1. The number of halogens is 1. The molecule has 0 aromatic carbocycles. The zero-order chi connectivity index (χ0) is 27.8. The van der Waals surface area contributed by atoms with Gasteiger partial charge in [0.15, 0.2) is 11.6 Å². The van der Waals surface area contributed by atoms with E-state index in [4.69, 9.17) is 9.15 Å². The van der Waals surface area contributed by atoms with Crippen molar-refractivity contribution < 1.29 is 33.0 Å². The predicted octanol–water partition coefficient (Wildman–Crippen LogP) is 3.53. The zero-order valence-electron chi connectivity index (χ0n) is 22.7. The number of fused-ring (bicyclic) bond motifs is 3. The average molecular weight is 534 g/mol. The van der Waals surface area contributed by atoms with Crippen LogP contribution in [-0.2, 0) is 20.7 Å². The maximum atomic E-state index is 14.6. The summed E-state index contributed by atoms with van der Waals surface area (Å²) in [5, 5.41) is 13.1. The molecule has 3 heterocycles. The Balaban J connectivity index is 1.81. The van der Waals surface area contributed by atoms with E-state index in [1.54, 1.807) is 25.2 Å². The molecule has 10 heteroatoms. The van der Waals surface area contributed by atoms with Crippen LogP contribution in [0.1, 0.15) is 76.2 Å². The van der Waals surface area contributed by atoms with Gasteiger partial charge in [-0.25, -0.2) is 14.2 Å². The van der Waals surface area contributed by atoms with Gasteiger partial charge in [-0.05, 0) is 38.0 Å². The molecule has 0 unspecified atom stereocenters. The van der Waals surface area contributed by atoms with Gasteiger partial charge in [-0.1, -0.05) is 44.6 Å². The van der Waals surface area contributed by atoms with Crippen LogP contribution in [0.5, 0.6) is 0 Å². The summed E-state index contributed by atoms with van der Waals surface area (Å²) in [6.07, 6.45) is 4.95. The molecule has 2 aliphatic heterocycles. The molecule has 0 spiro atoms. The Bertz CT molecular complexity index is 1040. The van der Waals surface area contributed by atoms with Gasteiger partial charge in [0.05, 0.1) is 12.5 Å². The third-order valence-corrected chi connectivity index (χ3v) is 7.00. The van der Waals surface area contributed by atoms with Crippen molar-refractivity contribution in [2.75, 3.05) is 13.1 Å². The lowest BCUT2D eigenvalue weighted by Crippen LogP contribution is -2.44. The van der Waals surface area contributed by atoms with Crippen LogP contribution in [0.2, 0.25) is 0 Å². The van der Waals surface area contributed by atoms with Crippen molar-refractivity contribution in [3.05, 3.63) is 41.6 Å². The number of allylic oxidation sites excluding steroid dienone is 2. The number of nitrogens with zero attached hydrogens (tertiary/aromatic N) is 2. The highest BCUT2D eigenvalue weighted by Gasteiger charge is 2.39. The van der Waals surface area contributed by atoms with Crippen LogP contribution < -0.4 is 5.32 Å². The van der Waals surface area contributed by atoms with Gasteiger partial charge >= 0.3 is 5.97 Å². The number of rotatable bonds is 1. The Morgan fingerprint density at radius 2 is 2.00 bits per heavy atom. The minimum atomic E-state index is -1.44. The maximum absolute atomic E-state index is 14.6. The maximum Gasteiger partial charge on any atom is 0.329 e. The third-order valence-electron chi connectivity index (χ3n) is 7.00. The second-order valence-electron chi connectivity index (χ2n) is 10.7. The standard InChI is InChI=1S/C28H40FN3O6/c1-17(2)26-19(4)9-10-24(34)30-11-5-7-18(3)13-21(33)14-20(29)15-25-31-22(16-37-25)27(35)32-12-6-8-23(32)28(36)38-26/h5,7,13,16-17,19-21,23,26,33H,6,8-12,14-15H2,1-4H3,(H,30,34)/b7-5+,18-13+/t19-,20-,21-,23-,26-/m1/s1. The number of aliphatic hydroxyl groups excluding tert-OH is 1. The Hall–Kier alpha value is -3.01. The minimum Gasteiger partial charge on any atom is -0.460 e. The smallest absolute Gasteiger partial charge is 0.329 e. The van der Waals surface area contributed by atoms with Crippen molar-refractivity contribution in [1.29, 1.82) is 0 Å². The first-order valence-corrected chi connectivity index (χ1v) is 13.4. The number of nitrogens with one attached hydrogen (secondary N) is 1. The molecule has 1 fully saturated rings. The first-order chi connectivity index (χ1) is 18.0. The van der Waals surface area contributed by atoms with Crippen molar-refractivity contribution in [3.63, 3.8) is 0 Å². The molecule has 3 rings (SSSR count). The molecule has 210 valence electrons. The highest BCUT2D eigenvalue weighted by Crippen LogP contribution is 2.26. The number of alkyl halides is 1. The number of hydrogen-bond acceptors (Lipinski definition) is 7. The number of oxazole rings is 1. The minimum absolute atomic E-state index is 0.00603. The molecule has 2 bridgehead atoms. The van der Waals surface area contributed by atoms with Crippen molar-refractivity contribution in [2.24, 2.45) is 11.8 Å². The van der Waals surface area contributed by atoms with Crippen molar-refractivity contribution in [2.45, 2.75) is 90.6 Å². The van der Waals surface area contributed by atoms with E-state index in [9.17, 15) is 23.9 Å². The zero-order valence-corrected chi connectivity index (χ0v) is 22.7. The Morgan fingerprint density at radius 3 is 2.74 bits per heavy atom. The Morgan fingerprint density at radius 1 is 1.24 bits per heavy atom. The van der Waals surface area contributed by atoms with Crippen LogP contribution >= 0.6 is 0 Å². The molecule has 1 aromatic heterocycles. The van der Waals surface area contributed by atoms with Gasteiger partial charge in [0.2, 0.25) is 5.91 Å². The fourth-order valence-corrected chi connectivity index (χ4v) is 5.02.